The number of carbonyl (C=O) groups is 2. The van der Waals surface area contributed by atoms with E-state index in [1.165, 1.54) is 6.42 Å². The molecule has 4 nitrogen and oxygen atoms in total. The van der Waals surface area contributed by atoms with Crippen LogP contribution in [0.3, 0.4) is 0 Å². The van der Waals surface area contributed by atoms with E-state index < -0.39 is 0 Å². The summed E-state index contributed by atoms with van der Waals surface area (Å²) >= 11 is 0. The number of rotatable bonds is 4. The summed E-state index contributed by atoms with van der Waals surface area (Å²) in [6, 6.07) is 0.184. The van der Waals surface area contributed by atoms with E-state index in [1.807, 2.05) is 0 Å². The number of amides is 2. The Hall–Kier alpha value is -1.50. The molecule has 2 N–H and O–H groups in total. The van der Waals surface area contributed by atoms with Crippen molar-refractivity contribution in [3.63, 3.8) is 0 Å². The van der Waals surface area contributed by atoms with Crippen molar-refractivity contribution in [2.45, 2.75) is 52.5 Å². The van der Waals surface area contributed by atoms with E-state index in [0.717, 1.165) is 12.8 Å². The van der Waals surface area contributed by atoms with Gasteiger partial charge in [-0.2, -0.15) is 0 Å². The van der Waals surface area contributed by atoms with E-state index in [4.69, 9.17) is 6.42 Å². The molecule has 2 bridgehead atoms. The molecule has 0 unspecified atom stereocenters. The van der Waals surface area contributed by atoms with E-state index in [9.17, 15) is 9.59 Å². The van der Waals surface area contributed by atoms with Crippen LogP contribution in [0.2, 0.25) is 0 Å². The third-order valence-corrected chi connectivity index (χ3v) is 5.84. The lowest BCUT2D eigenvalue weighted by molar-refractivity contribution is -0.130. The van der Waals surface area contributed by atoms with Gasteiger partial charge in [-0.3, -0.25) is 9.59 Å². The third-order valence-electron chi connectivity index (χ3n) is 5.84. The van der Waals surface area contributed by atoms with Crippen molar-refractivity contribution < 1.29 is 9.59 Å². The molecule has 110 valence electrons. The maximum atomic E-state index is 12.0. The Morgan fingerprint density at radius 2 is 2.00 bits per heavy atom. The van der Waals surface area contributed by atoms with Crippen LogP contribution in [-0.4, -0.2) is 24.4 Å². The highest BCUT2D eigenvalue weighted by atomic mass is 16.2. The molecule has 2 rings (SSSR count). The molecule has 2 amide bonds. The molecule has 2 saturated carbocycles. The summed E-state index contributed by atoms with van der Waals surface area (Å²) in [4.78, 5) is 23.5. The number of hydrogen-bond donors (Lipinski definition) is 2. The molecular formula is C16H24N2O2. The van der Waals surface area contributed by atoms with Crippen molar-refractivity contribution in [1.82, 2.24) is 10.6 Å². The first kappa shape index (κ1) is 14.9. The van der Waals surface area contributed by atoms with Gasteiger partial charge in [0.2, 0.25) is 11.8 Å². The van der Waals surface area contributed by atoms with Crippen LogP contribution in [0.5, 0.6) is 0 Å². The molecule has 2 aliphatic rings. The van der Waals surface area contributed by atoms with E-state index >= 15 is 0 Å². The van der Waals surface area contributed by atoms with Crippen molar-refractivity contribution in [2.24, 2.45) is 16.7 Å². The zero-order valence-electron chi connectivity index (χ0n) is 12.6. The fourth-order valence-electron chi connectivity index (χ4n) is 4.03. The molecule has 0 radical (unpaired) electrons. The van der Waals surface area contributed by atoms with Crippen LogP contribution in [0.25, 0.3) is 0 Å². The highest BCUT2D eigenvalue weighted by Gasteiger charge is 2.61. The standard InChI is InChI=1S/C16H24N2O2/c1-5-8-17-13(19)10-14(20)18-12-9-11-6-7-16(12,4)15(11,2)3/h1,11-12H,6-10H2,2-4H3,(H,17,19)(H,18,20)/t11-,12-,16-/m1/s1. The first-order chi connectivity index (χ1) is 9.31. The van der Waals surface area contributed by atoms with Gasteiger partial charge in [0, 0.05) is 6.04 Å². The minimum absolute atomic E-state index is 0.140. The van der Waals surface area contributed by atoms with Crippen LogP contribution >= 0.6 is 0 Å². The van der Waals surface area contributed by atoms with Crippen molar-refractivity contribution in [3.8, 4) is 12.3 Å². The van der Waals surface area contributed by atoms with Crippen LogP contribution in [0, 0.1) is 29.1 Å². The Morgan fingerprint density at radius 1 is 1.30 bits per heavy atom. The molecule has 4 heteroatoms. The van der Waals surface area contributed by atoms with Crippen LogP contribution in [0.15, 0.2) is 0 Å². The lowest BCUT2D eigenvalue weighted by atomic mass is 9.69. The van der Waals surface area contributed by atoms with Crippen LogP contribution in [0.4, 0.5) is 0 Å². The predicted octanol–water partition coefficient (Wildman–Crippen LogP) is 1.46. The summed E-state index contributed by atoms with van der Waals surface area (Å²) in [7, 11) is 0. The number of carbonyl (C=O) groups excluding carboxylic acids is 2. The molecule has 2 aliphatic carbocycles. The van der Waals surface area contributed by atoms with E-state index in [-0.39, 0.29) is 41.7 Å². The van der Waals surface area contributed by atoms with Gasteiger partial charge in [-0.15, -0.1) is 6.42 Å². The van der Waals surface area contributed by atoms with Crippen molar-refractivity contribution in [3.05, 3.63) is 0 Å². The quantitative estimate of drug-likeness (QED) is 0.603. The number of fused-ring (bicyclic) bond motifs is 2. The summed E-state index contributed by atoms with van der Waals surface area (Å²) in [6.07, 6.45) is 8.35. The predicted molar refractivity (Wildman–Crippen MR) is 77.6 cm³/mol. The Morgan fingerprint density at radius 3 is 2.50 bits per heavy atom. The molecule has 0 heterocycles. The van der Waals surface area contributed by atoms with E-state index in [1.54, 1.807) is 0 Å². The topological polar surface area (TPSA) is 58.2 Å². The van der Waals surface area contributed by atoms with Crippen molar-refractivity contribution in [2.75, 3.05) is 6.54 Å². The van der Waals surface area contributed by atoms with Gasteiger partial charge in [0.15, 0.2) is 0 Å². The van der Waals surface area contributed by atoms with Crippen LogP contribution < -0.4 is 10.6 Å². The summed E-state index contributed by atoms with van der Waals surface area (Å²) < 4.78 is 0. The van der Waals surface area contributed by atoms with Gasteiger partial charge < -0.3 is 10.6 Å². The molecule has 0 spiro atoms. The van der Waals surface area contributed by atoms with E-state index in [0.29, 0.717) is 5.92 Å². The third kappa shape index (κ3) is 2.30. The first-order valence-electron chi connectivity index (χ1n) is 7.31. The number of terminal acetylenes is 1. The maximum Gasteiger partial charge on any atom is 0.230 e. The minimum Gasteiger partial charge on any atom is -0.352 e. The lowest BCUT2D eigenvalue weighted by Crippen LogP contribution is -2.47. The second-order valence-corrected chi connectivity index (χ2v) is 6.89. The van der Waals surface area contributed by atoms with Gasteiger partial charge in [0.1, 0.15) is 6.42 Å². The Labute approximate surface area is 121 Å². The van der Waals surface area contributed by atoms with Gasteiger partial charge in [-0.25, -0.2) is 0 Å². The normalized spacial score (nSPS) is 33.5. The zero-order chi connectivity index (χ0) is 15.0. The summed E-state index contributed by atoms with van der Waals surface area (Å²) in [5, 5.41) is 5.57. The monoisotopic (exact) mass is 276 g/mol. The minimum atomic E-state index is -0.312. The highest BCUT2D eigenvalue weighted by Crippen LogP contribution is 2.65. The number of nitrogens with one attached hydrogen (secondary N) is 2. The van der Waals surface area contributed by atoms with Crippen molar-refractivity contribution in [1.29, 1.82) is 0 Å². The van der Waals surface area contributed by atoms with Gasteiger partial charge in [-0.05, 0) is 36.0 Å². The molecule has 20 heavy (non-hydrogen) atoms. The Bertz CT molecular complexity index is 464. The average molecular weight is 276 g/mol. The fourth-order valence-corrected chi connectivity index (χ4v) is 4.03. The molecular weight excluding hydrogens is 252 g/mol. The van der Waals surface area contributed by atoms with Gasteiger partial charge in [0.25, 0.3) is 0 Å². The van der Waals surface area contributed by atoms with Crippen molar-refractivity contribution >= 4 is 11.8 Å². The maximum absolute atomic E-state index is 12.0. The summed E-state index contributed by atoms with van der Waals surface area (Å²) in [5.74, 6) is 2.48. The molecule has 0 aromatic carbocycles. The molecule has 2 fully saturated rings. The lowest BCUT2D eigenvalue weighted by Gasteiger charge is -2.39. The van der Waals surface area contributed by atoms with Gasteiger partial charge in [0.05, 0.1) is 6.54 Å². The molecule has 0 aliphatic heterocycles. The highest BCUT2D eigenvalue weighted by molar-refractivity contribution is 5.97. The molecule has 3 atom stereocenters. The smallest absolute Gasteiger partial charge is 0.230 e. The number of hydrogen-bond acceptors (Lipinski definition) is 2. The van der Waals surface area contributed by atoms with Crippen LogP contribution in [-0.2, 0) is 9.59 Å². The van der Waals surface area contributed by atoms with Crippen LogP contribution in [0.1, 0.15) is 46.5 Å². The Balaban J connectivity index is 1.91. The zero-order valence-corrected chi connectivity index (χ0v) is 12.6. The second kappa shape index (κ2) is 5.12. The Kier molecular flexibility index (Phi) is 3.82. The van der Waals surface area contributed by atoms with E-state index in [2.05, 4.69) is 37.3 Å². The fraction of sp³-hybridized carbons (Fsp3) is 0.750. The molecule has 0 aromatic rings. The summed E-state index contributed by atoms with van der Waals surface area (Å²) in [5.41, 5.74) is 0.402. The summed E-state index contributed by atoms with van der Waals surface area (Å²) in [6.45, 7) is 7.04. The largest absolute Gasteiger partial charge is 0.352 e. The SMILES string of the molecule is C#CCNC(=O)CC(=O)N[C@@H]1C[C@H]2CC[C@@]1(C)C2(C)C. The van der Waals surface area contributed by atoms with Gasteiger partial charge in [-0.1, -0.05) is 26.7 Å². The molecule has 0 aromatic heterocycles. The second-order valence-electron chi connectivity index (χ2n) is 6.89. The van der Waals surface area contributed by atoms with Gasteiger partial charge >= 0.3 is 0 Å². The first-order valence-corrected chi connectivity index (χ1v) is 7.31. The molecule has 0 saturated heterocycles. The average Bonchev–Trinajstić information content (AvgIpc) is 2.69.